The molecule has 0 bridgehead atoms. The van der Waals surface area contributed by atoms with Crippen molar-refractivity contribution >= 4 is 45.1 Å². The van der Waals surface area contributed by atoms with Gasteiger partial charge in [-0.3, -0.25) is 4.79 Å². The van der Waals surface area contributed by atoms with E-state index in [0.717, 1.165) is 0 Å². The molecule has 0 aliphatic carbocycles. The van der Waals surface area contributed by atoms with Crippen LogP contribution in [0.25, 0.3) is 0 Å². The summed E-state index contributed by atoms with van der Waals surface area (Å²) in [6.45, 7) is 1.40. The Kier molecular flexibility index (Phi) is 5.43. The van der Waals surface area contributed by atoms with E-state index in [1.807, 2.05) is 0 Å². The topological polar surface area (TPSA) is 102 Å². The van der Waals surface area contributed by atoms with Crippen LogP contribution in [-0.4, -0.2) is 25.0 Å². The molecule has 0 radical (unpaired) electrons. The molecule has 0 fully saturated rings. The van der Waals surface area contributed by atoms with Crippen molar-refractivity contribution in [3.8, 4) is 5.75 Å². The Morgan fingerprint density at radius 1 is 1.26 bits per heavy atom. The standard InChI is InChI=1S/C17H15Cl2N3O4S/c1-10(23)22-17(14-8-12(18)5-6-15(14)19)9-16(21-22)11-3-2-4-13(7-11)26-27(20,24)25/h2-8,17H,9H2,1H3,(H2,20,24,25). The first-order valence-corrected chi connectivity index (χ1v) is 10.0. The molecule has 2 N–H and O–H groups in total. The van der Waals surface area contributed by atoms with Gasteiger partial charge in [0.1, 0.15) is 5.75 Å². The molecular weight excluding hydrogens is 413 g/mol. The number of hydrogen-bond donors (Lipinski definition) is 1. The molecule has 27 heavy (non-hydrogen) atoms. The van der Waals surface area contributed by atoms with Crippen molar-refractivity contribution in [2.75, 3.05) is 0 Å². The van der Waals surface area contributed by atoms with Crippen LogP contribution in [0.3, 0.4) is 0 Å². The second-order valence-electron chi connectivity index (χ2n) is 5.90. The molecule has 10 heteroatoms. The minimum Gasteiger partial charge on any atom is -0.371 e. The molecule has 1 heterocycles. The summed E-state index contributed by atoms with van der Waals surface area (Å²) in [6, 6.07) is 10.9. The summed E-state index contributed by atoms with van der Waals surface area (Å²) in [5.41, 5.74) is 1.85. The van der Waals surface area contributed by atoms with Gasteiger partial charge in [-0.2, -0.15) is 18.7 Å². The van der Waals surface area contributed by atoms with Gasteiger partial charge in [0, 0.05) is 29.0 Å². The third kappa shape index (κ3) is 4.59. The Bertz CT molecular complexity index is 1040. The molecule has 2 aromatic carbocycles. The first-order chi connectivity index (χ1) is 12.6. The second kappa shape index (κ2) is 7.47. The smallest absolute Gasteiger partial charge is 0.371 e. The Balaban J connectivity index is 1.96. The molecule has 0 spiro atoms. The van der Waals surface area contributed by atoms with Gasteiger partial charge in [-0.25, -0.2) is 5.01 Å². The highest BCUT2D eigenvalue weighted by Gasteiger charge is 2.33. The summed E-state index contributed by atoms with van der Waals surface area (Å²) in [4.78, 5) is 12.1. The van der Waals surface area contributed by atoms with Crippen molar-refractivity contribution < 1.29 is 17.4 Å². The molecule has 3 rings (SSSR count). The van der Waals surface area contributed by atoms with Crippen LogP contribution in [0.2, 0.25) is 10.0 Å². The Morgan fingerprint density at radius 3 is 2.67 bits per heavy atom. The third-order valence-electron chi connectivity index (χ3n) is 3.93. The van der Waals surface area contributed by atoms with Crippen molar-refractivity contribution in [3.05, 3.63) is 63.6 Å². The Hall–Kier alpha value is -2.13. The summed E-state index contributed by atoms with van der Waals surface area (Å²) in [5, 5.41) is 11.6. The van der Waals surface area contributed by atoms with Crippen molar-refractivity contribution in [3.63, 3.8) is 0 Å². The molecule has 2 aromatic rings. The zero-order valence-corrected chi connectivity index (χ0v) is 16.4. The van der Waals surface area contributed by atoms with Crippen LogP contribution < -0.4 is 9.32 Å². The first kappa shape index (κ1) is 19.6. The Morgan fingerprint density at radius 2 is 2.00 bits per heavy atom. The van der Waals surface area contributed by atoms with Crippen molar-refractivity contribution in [2.24, 2.45) is 10.2 Å². The first-order valence-electron chi connectivity index (χ1n) is 7.79. The number of hydrogen-bond acceptors (Lipinski definition) is 5. The highest BCUT2D eigenvalue weighted by atomic mass is 35.5. The monoisotopic (exact) mass is 427 g/mol. The molecule has 1 atom stereocenters. The van der Waals surface area contributed by atoms with Gasteiger partial charge in [0.05, 0.1) is 11.8 Å². The van der Waals surface area contributed by atoms with Gasteiger partial charge in [-0.1, -0.05) is 35.3 Å². The van der Waals surface area contributed by atoms with E-state index in [0.29, 0.717) is 33.3 Å². The average molecular weight is 428 g/mol. The van der Waals surface area contributed by atoms with E-state index >= 15 is 0 Å². The third-order valence-corrected chi connectivity index (χ3v) is 4.93. The quantitative estimate of drug-likeness (QED) is 0.808. The highest BCUT2D eigenvalue weighted by Crippen LogP contribution is 2.37. The molecule has 1 aliphatic heterocycles. The lowest BCUT2D eigenvalue weighted by atomic mass is 9.98. The fraction of sp³-hybridized carbons (Fsp3) is 0.176. The zero-order valence-electron chi connectivity index (χ0n) is 14.1. The number of halogens is 2. The SMILES string of the molecule is CC(=O)N1N=C(c2cccc(OS(N)(=O)=O)c2)CC1c1cc(Cl)ccc1Cl. The maximum atomic E-state index is 12.1. The minimum absolute atomic E-state index is 0.0521. The largest absolute Gasteiger partial charge is 0.380 e. The van der Waals surface area contributed by atoms with Gasteiger partial charge in [-0.05, 0) is 35.9 Å². The number of rotatable bonds is 4. The lowest BCUT2D eigenvalue weighted by Crippen LogP contribution is -2.24. The van der Waals surface area contributed by atoms with Crippen LogP contribution in [0, 0.1) is 0 Å². The lowest BCUT2D eigenvalue weighted by molar-refractivity contribution is -0.130. The van der Waals surface area contributed by atoms with Crippen LogP contribution in [0.4, 0.5) is 0 Å². The van der Waals surface area contributed by atoms with Crippen molar-refractivity contribution in [2.45, 2.75) is 19.4 Å². The van der Waals surface area contributed by atoms with Crippen molar-refractivity contribution in [1.82, 2.24) is 5.01 Å². The molecule has 1 aliphatic rings. The molecule has 0 saturated carbocycles. The van der Waals surface area contributed by atoms with E-state index in [1.54, 1.807) is 30.3 Å². The highest BCUT2D eigenvalue weighted by molar-refractivity contribution is 7.84. The van der Waals surface area contributed by atoms with Crippen LogP contribution >= 0.6 is 23.2 Å². The van der Waals surface area contributed by atoms with E-state index in [2.05, 4.69) is 5.10 Å². The molecule has 1 unspecified atom stereocenters. The van der Waals surface area contributed by atoms with Crippen LogP contribution in [0.1, 0.15) is 30.5 Å². The number of nitrogens with zero attached hydrogens (tertiary/aromatic N) is 2. The normalized spacial score (nSPS) is 17.0. The van der Waals surface area contributed by atoms with Crippen LogP contribution in [-0.2, 0) is 15.1 Å². The summed E-state index contributed by atoms with van der Waals surface area (Å²) < 4.78 is 27.0. The van der Waals surface area contributed by atoms with Gasteiger partial charge in [0.15, 0.2) is 0 Å². The average Bonchev–Trinajstić information content (AvgIpc) is 3.01. The predicted octanol–water partition coefficient (Wildman–Crippen LogP) is 3.27. The summed E-state index contributed by atoms with van der Waals surface area (Å²) >= 11 is 12.4. The van der Waals surface area contributed by atoms with Gasteiger partial charge in [-0.15, -0.1) is 0 Å². The molecular formula is C17H15Cl2N3O4S. The number of amides is 1. The number of benzene rings is 2. The lowest BCUT2D eigenvalue weighted by Gasteiger charge is -2.21. The van der Waals surface area contributed by atoms with Gasteiger partial charge in [0.2, 0.25) is 5.91 Å². The molecule has 0 aromatic heterocycles. The number of carbonyl (C=O) groups is 1. The summed E-state index contributed by atoms with van der Waals surface area (Å²) in [6.07, 6.45) is 0.373. The van der Waals surface area contributed by atoms with Crippen LogP contribution in [0.15, 0.2) is 47.6 Å². The molecule has 0 saturated heterocycles. The van der Waals surface area contributed by atoms with E-state index in [9.17, 15) is 13.2 Å². The van der Waals surface area contributed by atoms with Gasteiger partial charge < -0.3 is 4.18 Å². The number of carbonyl (C=O) groups excluding carboxylic acids is 1. The predicted molar refractivity (Wildman–Crippen MR) is 103 cm³/mol. The van der Waals surface area contributed by atoms with Gasteiger partial charge in [0.25, 0.3) is 0 Å². The second-order valence-corrected chi connectivity index (χ2v) is 7.90. The maximum Gasteiger partial charge on any atom is 0.380 e. The molecule has 142 valence electrons. The summed E-state index contributed by atoms with van der Waals surface area (Å²) in [7, 11) is -4.14. The minimum atomic E-state index is -4.14. The number of hydrazone groups is 1. The maximum absolute atomic E-state index is 12.1. The zero-order chi connectivity index (χ0) is 19.8. The van der Waals surface area contributed by atoms with E-state index < -0.39 is 16.3 Å². The Labute approximate surface area is 166 Å². The number of nitrogens with two attached hydrogens (primary N) is 1. The van der Waals surface area contributed by atoms with E-state index in [-0.39, 0.29) is 11.7 Å². The van der Waals surface area contributed by atoms with E-state index in [1.165, 1.54) is 24.1 Å². The fourth-order valence-corrected chi connectivity index (χ4v) is 3.64. The van der Waals surface area contributed by atoms with Gasteiger partial charge >= 0.3 is 10.3 Å². The fourth-order valence-electron chi connectivity index (χ4n) is 2.85. The van der Waals surface area contributed by atoms with Crippen LogP contribution in [0.5, 0.6) is 5.75 Å². The summed E-state index contributed by atoms with van der Waals surface area (Å²) in [5.74, 6) is -0.209. The van der Waals surface area contributed by atoms with E-state index in [4.69, 9.17) is 32.5 Å². The molecule has 7 nitrogen and oxygen atoms in total. The van der Waals surface area contributed by atoms with Crippen molar-refractivity contribution in [1.29, 1.82) is 0 Å². The molecule has 1 amide bonds.